The Balaban J connectivity index is 1.63. The molecule has 1 saturated heterocycles. The molecule has 1 N–H and O–H groups in total. The number of piperidine rings is 1. The van der Waals surface area contributed by atoms with E-state index in [1.165, 1.54) is 18.9 Å². The van der Waals surface area contributed by atoms with Gasteiger partial charge in [-0.2, -0.15) is 0 Å². The SMILES string of the molecule is CS(=O)(=O)c1ccccc1C(=O)N1CCC(NCC2CC2)CC1. The summed E-state index contributed by atoms with van der Waals surface area (Å²) in [5.41, 5.74) is 0.291. The zero-order chi connectivity index (χ0) is 16.4. The largest absolute Gasteiger partial charge is 0.338 e. The second kappa shape index (κ2) is 6.61. The number of likely N-dealkylation sites (tertiary alicyclic amines) is 1. The van der Waals surface area contributed by atoms with Crippen LogP contribution in [0.4, 0.5) is 0 Å². The van der Waals surface area contributed by atoms with Gasteiger partial charge in [-0.25, -0.2) is 8.42 Å². The molecule has 1 aromatic carbocycles. The molecule has 0 spiro atoms. The van der Waals surface area contributed by atoms with Gasteiger partial charge >= 0.3 is 0 Å². The molecule has 2 fully saturated rings. The summed E-state index contributed by atoms with van der Waals surface area (Å²) in [7, 11) is -3.40. The predicted molar refractivity (Wildman–Crippen MR) is 89.2 cm³/mol. The zero-order valence-electron chi connectivity index (χ0n) is 13.5. The Labute approximate surface area is 138 Å². The maximum absolute atomic E-state index is 12.7. The number of nitrogens with zero attached hydrogens (tertiary/aromatic N) is 1. The summed E-state index contributed by atoms with van der Waals surface area (Å²) in [4.78, 5) is 14.6. The van der Waals surface area contributed by atoms with Crippen molar-refractivity contribution in [1.29, 1.82) is 0 Å². The second-order valence-corrected chi connectivity index (χ2v) is 8.67. The number of rotatable bonds is 5. The quantitative estimate of drug-likeness (QED) is 0.889. The number of carbonyl (C=O) groups excluding carboxylic acids is 1. The lowest BCUT2D eigenvalue weighted by molar-refractivity contribution is 0.0701. The van der Waals surface area contributed by atoms with Crippen molar-refractivity contribution in [1.82, 2.24) is 10.2 Å². The lowest BCUT2D eigenvalue weighted by atomic mass is 10.0. The number of sulfone groups is 1. The van der Waals surface area contributed by atoms with Gasteiger partial charge in [0, 0.05) is 25.4 Å². The molecule has 6 heteroatoms. The lowest BCUT2D eigenvalue weighted by Gasteiger charge is -2.33. The minimum absolute atomic E-state index is 0.124. The van der Waals surface area contributed by atoms with Crippen molar-refractivity contribution in [3.8, 4) is 0 Å². The average Bonchev–Trinajstić information content (AvgIpc) is 3.36. The molecule has 0 bridgehead atoms. The Morgan fingerprint density at radius 2 is 1.83 bits per heavy atom. The van der Waals surface area contributed by atoms with Crippen LogP contribution in [-0.4, -0.2) is 51.2 Å². The van der Waals surface area contributed by atoms with Crippen LogP contribution in [-0.2, 0) is 9.84 Å². The van der Waals surface area contributed by atoms with Crippen molar-refractivity contribution in [2.45, 2.75) is 36.6 Å². The van der Waals surface area contributed by atoms with Crippen molar-refractivity contribution < 1.29 is 13.2 Å². The average molecular weight is 336 g/mol. The van der Waals surface area contributed by atoms with Gasteiger partial charge in [-0.05, 0) is 50.3 Å². The summed E-state index contributed by atoms with van der Waals surface area (Å²) in [6.45, 7) is 2.45. The number of carbonyl (C=O) groups is 1. The molecular formula is C17H24N2O3S. The summed E-state index contributed by atoms with van der Waals surface area (Å²) in [5, 5.41) is 3.58. The van der Waals surface area contributed by atoms with Gasteiger partial charge in [0.1, 0.15) is 0 Å². The van der Waals surface area contributed by atoms with Crippen LogP contribution in [0.2, 0.25) is 0 Å². The van der Waals surface area contributed by atoms with Gasteiger partial charge in [-0.1, -0.05) is 12.1 Å². The van der Waals surface area contributed by atoms with Crippen LogP contribution in [0.5, 0.6) is 0 Å². The van der Waals surface area contributed by atoms with Gasteiger partial charge in [-0.3, -0.25) is 4.79 Å². The highest BCUT2D eigenvalue weighted by Gasteiger charge is 2.28. The first-order valence-corrected chi connectivity index (χ1v) is 10.2. The summed E-state index contributed by atoms with van der Waals surface area (Å²) in [6, 6.07) is 6.96. The Morgan fingerprint density at radius 1 is 1.17 bits per heavy atom. The first-order valence-electron chi connectivity index (χ1n) is 8.27. The molecule has 2 aliphatic rings. The third-order valence-electron chi connectivity index (χ3n) is 4.69. The number of hydrogen-bond acceptors (Lipinski definition) is 4. The van der Waals surface area contributed by atoms with Gasteiger partial charge in [-0.15, -0.1) is 0 Å². The van der Waals surface area contributed by atoms with Crippen LogP contribution in [0, 0.1) is 5.92 Å². The fourth-order valence-electron chi connectivity index (χ4n) is 3.08. The predicted octanol–water partition coefficient (Wildman–Crippen LogP) is 1.69. The number of hydrogen-bond donors (Lipinski definition) is 1. The van der Waals surface area contributed by atoms with Crippen LogP contribution < -0.4 is 5.32 Å². The Morgan fingerprint density at radius 3 is 2.43 bits per heavy atom. The van der Waals surface area contributed by atoms with Gasteiger partial charge in [0.25, 0.3) is 5.91 Å². The molecule has 1 aliphatic heterocycles. The first kappa shape index (κ1) is 16.5. The Hall–Kier alpha value is -1.40. The summed E-state index contributed by atoms with van der Waals surface area (Å²) in [6.07, 6.45) is 5.69. The van der Waals surface area contributed by atoms with E-state index in [1.807, 2.05) is 0 Å². The summed E-state index contributed by atoms with van der Waals surface area (Å²) in [5.74, 6) is 0.683. The topological polar surface area (TPSA) is 66.5 Å². The highest BCUT2D eigenvalue weighted by atomic mass is 32.2. The van der Waals surface area contributed by atoms with E-state index in [4.69, 9.17) is 0 Å². The molecule has 0 atom stereocenters. The van der Waals surface area contributed by atoms with Crippen molar-refractivity contribution >= 4 is 15.7 Å². The van der Waals surface area contributed by atoms with Gasteiger partial charge in [0.05, 0.1) is 10.5 Å². The van der Waals surface area contributed by atoms with E-state index in [-0.39, 0.29) is 10.8 Å². The molecule has 1 aliphatic carbocycles. The minimum Gasteiger partial charge on any atom is -0.338 e. The molecule has 5 nitrogen and oxygen atoms in total. The van der Waals surface area contributed by atoms with E-state index >= 15 is 0 Å². The maximum Gasteiger partial charge on any atom is 0.255 e. The molecule has 1 aromatic rings. The van der Waals surface area contributed by atoms with Crippen molar-refractivity contribution in [3.05, 3.63) is 29.8 Å². The monoisotopic (exact) mass is 336 g/mol. The number of benzene rings is 1. The van der Waals surface area contributed by atoms with E-state index in [1.54, 1.807) is 23.1 Å². The van der Waals surface area contributed by atoms with Crippen LogP contribution in [0.25, 0.3) is 0 Å². The third kappa shape index (κ3) is 4.12. The van der Waals surface area contributed by atoms with Gasteiger partial charge in [0.2, 0.25) is 0 Å². The molecule has 1 heterocycles. The van der Waals surface area contributed by atoms with Crippen molar-refractivity contribution in [2.75, 3.05) is 25.9 Å². The fourth-order valence-corrected chi connectivity index (χ4v) is 3.96. The normalized spacial score (nSPS) is 19.8. The smallest absolute Gasteiger partial charge is 0.255 e. The van der Waals surface area contributed by atoms with E-state index in [9.17, 15) is 13.2 Å². The van der Waals surface area contributed by atoms with E-state index in [0.717, 1.165) is 31.6 Å². The summed E-state index contributed by atoms with van der Waals surface area (Å²) >= 11 is 0. The molecular weight excluding hydrogens is 312 g/mol. The van der Waals surface area contributed by atoms with E-state index in [2.05, 4.69) is 5.32 Å². The molecule has 0 aromatic heterocycles. The number of nitrogens with one attached hydrogen (secondary N) is 1. The van der Waals surface area contributed by atoms with Crippen molar-refractivity contribution in [3.63, 3.8) is 0 Å². The molecule has 1 saturated carbocycles. The molecule has 0 unspecified atom stereocenters. The van der Waals surface area contributed by atoms with Crippen LogP contribution >= 0.6 is 0 Å². The molecule has 1 amide bonds. The lowest BCUT2D eigenvalue weighted by Crippen LogP contribution is -2.45. The van der Waals surface area contributed by atoms with Crippen LogP contribution in [0.3, 0.4) is 0 Å². The first-order chi connectivity index (χ1) is 10.9. The van der Waals surface area contributed by atoms with Crippen LogP contribution in [0.1, 0.15) is 36.0 Å². The maximum atomic E-state index is 12.7. The Kier molecular flexibility index (Phi) is 4.73. The molecule has 0 radical (unpaired) electrons. The van der Waals surface area contributed by atoms with E-state index < -0.39 is 9.84 Å². The van der Waals surface area contributed by atoms with E-state index in [0.29, 0.717) is 24.7 Å². The van der Waals surface area contributed by atoms with Crippen LogP contribution in [0.15, 0.2) is 29.2 Å². The fraction of sp³-hybridized carbons (Fsp3) is 0.588. The zero-order valence-corrected chi connectivity index (χ0v) is 14.3. The minimum atomic E-state index is -3.40. The van der Waals surface area contributed by atoms with Gasteiger partial charge < -0.3 is 10.2 Å². The third-order valence-corrected chi connectivity index (χ3v) is 5.85. The molecule has 3 rings (SSSR count). The highest BCUT2D eigenvalue weighted by Crippen LogP contribution is 2.28. The number of amides is 1. The highest BCUT2D eigenvalue weighted by molar-refractivity contribution is 7.90. The van der Waals surface area contributed by atoms with Crippen molar-refractivity contribution in [2.24, 2.45) is 5.92 Å². The Bertz CT molecular complexity index is 675. The molecule has 126 valence electrons. The molecule has 23 heavy (non-hydrogen) atoms. The summed E-state index contributed by atoms with van der Waals surface area (Å²) < 4.78 is 23.7. The second-order valence-electron chi connectivity index (χ2n) is 6.69. The van der Waals surface area contributed by atoms with Gasteiger partial charge in [0.15, 0.2) is 9.84 Å². The standard InChI is InChI=1S/C17H24N2O3S/c1-23(21,22)16-5-3-2-4-15(16)17(20)19-10-8-14(9-11-19)18-12-13-6-7-13/h2-5,13-14,18H,6-12H2,1H3.